The van der Waals surface area contributed by atoms with E-state index in [1.807, 2.05) is 18.2 Å². The molecule has 0 saturated carbocycles. The van der Waals surface area contributed by atoms with Crippen LogP contribution in [0.4, 0.5) is 0 Å². The molecular weight excluding hydrogens is 228 g/mol. The van der Waals surface area contributed by atoms with Gasteiger partial charge in [-0.25, -0.2) is 4.79 Å². The largest absolute Gasteiger partial charge is 0.496 e. The van der Waals surface area contributed by atoms with Gasteiger partial charge in [0.05, 0.1) is 7.11 Å². The summed E-state index contributed by atoms with van der Waals surface area (Å²) in [7, 11) is 1.58. The van der Waals surface area contributed by atoms with Crippen molar-refractivity contribution in [3.8, 4) is 5.75 Å². The van der Waals surface area contributed by atoms with Crippen LogP contribution < -0.4 is 4.74 Å². The SMILES string of the molecule is COc1ccc(C(C)(C)C)cc1/C=C(\C)C(=O)O. The fourth-order valence-electron chi connectivity index (χ4n) is 1.61. The van der Waals surface area contributed by atoms with Crippen molar-refractivity contribution >= 4 is 12.0 Å². The molecule has 0 atom stereocenters. The molecule has 0 saturated heterocycles. The smallest absolute Gasteiger partial charge is 0.331 e. The molecule has 1 N–H and O–H groups in total. The third kappa shape index (κ3) is 3.36. The summed E-state index contributed by atoms with van der Waals surface area (Å²) in [6.45, 7) is 7.93. The van der Waals surface area contributed by atoms with E-state index in [0.29, 0.717) is 11.3 Å². The highest BCUT2D eigenvalue weighted by atomic mass is 16.5. The van der Waals surface area contributed by atoms with Gasteiger partial charge in [-0.15, -0.1) is 0 Å². The molecule has 0 aliphatic heterocycles. The summed E-state index contributed by atoms with van der Waals surface area (Å²) < 4.78 is 5.26. The maximum Gasteiger partial charge on any atom is 0.331 e. The lowest BCUT2D eigenvalue weighted by atomic mass is 9.86. The number of hydrogen-bond acceptors (Lipinski definition) is 2. The van der Waals surface area contributed by atoms with Gasteiger partial charge >= 0.3 is 5.97 Å². The van der Waals surface area contributed by atoms with Crippen molar-refractivity contribution in [2.24, 2.45) is 0 Å². The number of benzene rings is 1. The van der Waals surface area contributed by atoms with E-state index in [4.69, 9.17) is 9.84 Å². The number of carboxylic acids is 1. The monoisotopic (exact) mass is 248 g/mol. The van der Waals surface area contributed by atoms with Crippen molar-refractivity contribution in [3.63, 3.8) is 0 Å². The van der Waals surface area contributed by atoms with Crippen LogP contribution in [0, 0.1) is 0 Å². The highest BCUT2D eigenvalue weighted by Gasteiger charge is 2.15. The Morgan fingerprint density at radius 3 is 2.39 bits per heavy atom. The van der Waals surface area contributed by atoms with Crippen molar-refractivity contribution in [1.82, 2.24) is 0 Å². The number of rotatable bonds is 3. The number of methoxy groups -OCH3 is 1. The van der Waals surface area contributed by atoms with Crippen molar-refractivity contribution < 1.29 is 14.6 Å². The van der Waals surface area contributed by atoms with Crippen molar-refractivity contribution in [1.29, 1.82) is 0 Å². The molecule has 0 fully saturated rings. The fraction of sp³-hybridized carbons (Fsp3) is 0.400. The van der Waals surface area contributed by atoms with Gasteiger partial charge in [-0.1, -0.05) is 26.8 Å². The molecule has 0 unspecified atom stereocenters. The Morgan fingerprint density at radius 1 is 1.33 bits per heavy atom. The normalized spacial score (nSPS) is 12.4. The summed E-state index contributed by atoms with van der Waals surface area (Å²) in [6.07, 6.45) is 1.64. The van der Waals surface area contributed by atoms with Crippen molar-refractivity contribution in [2.45, 2.75) is 33.1 Å². The van der Waals surface area contributed by atoms with Gasteiger partial charge in [0.2, 0.25) is 0 Å². The average molecular weight is 248 g/mol. The zero-order valence-corrected chi connectivity index (χ0v) is 11.6. The molecule has 0 aliphatic rings. The van der Waals surface area contributed by atoms with E-state index in [9.17, 15) is 4.79 Å². The zero-order valence-electron chi connectivity index (χ0n) is 11.6. The summed E-state index contributed by atoms with van der Waals surface area (Å²) >= 11 is 0. The summed E-state index contributed by atoms with van der Waals surface area (Å²) in [5.41, 5.74) is 2.25. The van der Waals surface area contributed by atoms with Gasteiger partial charge in [0, 0.05) is 11.1 Å². The van der Waals surface area contributed by atoms with E-state index in [-0.39, 0.29) is 5.41 Å². The van der Waals surface area contributed by atoms with Gasteiger partial charge in [0.1, 0.15) is 5.75 Å². The molecule has 98 valence electrons. The molecule has 1 rings (SSSR count). The van der Waals surface area contributed by atoms with Gasteiger partial charge in [0.15, 0.2) is 0 Å². The van der Waals surface area contributed by atoms with E-state index in [2.05, 4.69) is 20.8 Å². The van der Waals surface area contributed by atoms with E-state index in [1.165, 1.54) is 0 Å². The minimum Gasteiger partial charge on any atom is -0.496 e. The predicted octanol–water partition coefficient (Wildman–Crippen LogP) is 3.48. The number of carboxylic acid groups (broad SMARTS) is 1. The van der Waals surface area contributed by atoms with Crippen LogP contribution in [0.25, 0.3) is 6.08 Å². The third-order valence-corrected chi connectivity index (χ3v) is 2.81. The lowest BCUT2D eigenvalue weighted by Crippen LogP contribution is -2.11. The van der Waals surface area contributed by atoms with Crippen molar-refractivity contribution in [3.05, 3.63) is 34.9 Å². The second kappa shape index (κ2) is 5.25. The molecule has 3 nitrogen and oxygen atoms in total. The van der Waals surface area contributed by atoms with Crippen LogP contribution in [0.15, 0.2) is 23.8 Å². The Balaban J connectivity index is 3.31. The first-order valence-corrected chi connectivity index (χ1v) is 5.86. The van der Waals surface area contributed by atoms with Crippen LogP contribution >= 0.6 is 0 Å². The molecule has 1 aromatic rings. The average Bonchev–Trinajstić information content (AvgIpc) is 2.27. The highest BCUT2D eigenvalue weighted by molar-refractivity contribution is 5.92. The van der Waals surface area contributed by atoms with Crippen LogP contribution in [0.1, 0.15) is 38.8 Å². The molecule has 1 aromatic carbocycles. The predicted molar refractivity (Wildman–Crippen MR) is 73.0 cm³/mol. The number of aliphatic carboxylic acids is 1. The number of hydrogen-bond donors (Lipinski definition) is 1. The minimum absolute atomic E-state index is 0.0198. The van der Waals surface area contributed by atoms with Crippen LogP contribution in [-0.2, 0) is 10.2 Å². The molecular formula is C15H20O3. The van der Waals surface area contributed by atoms with Crippen LogP contribution in [0.3, 0.4) is 0 Å². The molecule has 18 heavy (non-hydrogen) atoms. The summed E-state index contributed by atoms with van der Waals surface area (Å²) in [5, 5.41) is 8.93. The maximum atomic E-state index is 10.9. The van der Waals surface area contributed by atoms with Crippen LogP contribution in [0.5, 0.6) is 5.75 Å². The number of carbonyl (C=O) groups is 1. The Morgan fingerprint density at radius 2 is 1.94 bits per heavy atom. The third-order valence-electron chi connectivity index (χ3n) is 2.81. The second-order valence-corrected chi connectivity index (χ2v) is 5.34. The minimum atomic E-state index is -0.918. The topological polar surface area (TPSA) is 46.5 Å². The molecule has 0 amide bonds. The molecule has 0 bridgehead atoms. The highest BCUT2D eigenvalue weighted by Crippen LogP contribution is 2.29. The first-order chi connectivity index (χ1) is 8.25. The fourth-order valence-corrected chi connectivity index (χ4v) is 1.61. The Hall–Kier alpha value is -1.77. The van der Waals surface area contributed by atoms with Gasteiger partial charge in [-0.05, 0) is 36.1 Å². The molecule has 0 aromatic heterocycles. The second-order valence-electron chi connectivity index (χ2n) is 5.34. The Labute approximate surface area is 108 Å². The van der Waals surface area contributed by atoms with E-state index in [1.54, 1.807) is 20.1 Å². The molecule has 0 spiro atoms. The van der Waals surface area contributed by atoms with Crippen LogP contribution in [0.2, 0.25) is 0 Å². The molecule has 0 radical (unpaired) electrons. The summed E-state index contributed by atoms with van der Waals surface area (Å²) in [6, 6.07) is 5.86. The van der Waals surface area contributed by atoms with Crippen LogP contribution in [-0.4, -0.2) is 18.2 Å². The Kier molecular flexibility index (Phi) is 4.17. The van der Waals surface area contributed by atoms with Gasteiger partial charge in [0.25, 0.3) is 0 Å². The molecule has 0 heterocycles. The summed E-state index contributed by atoms with van der Waals surface area (Å²) in [4.78, 5) is 10.9. The van der Waals surface area contributed by atoms with Gasteiger partial charge in [-0.3, -0.25) is 0 Å². The molecule has 3 heteroatoms. The van der Waals surface area contributed by atoms with Gasteiger partial charge < -0.3 is 9.84 Å². The van der Waals surface area contributed by atoms with Crippen molar-refractivity contribution in [2.75, 3.05) is 7.11 Å². The lowest BCUT2D eigenvalue weighted by Gasteiger charge is -2.20. The zero-order chi connectivity index (χ0) is 13.9. The standard InChI is InChI=1S/C15H20O3/c1-10(14(16)17)8-11-9-12(15(2,3)4)6-7-13(11)18-5/h6-9H,1-5H3,(H,16,17)/b10-8+. The summed E-state index contributed by atoms with van der Waals surface area (Å²) in [5.74, 6) is -0.234. The van der Waals surface area contributed by atoms with E-state index >= 15 is 0 Å². The van der Waals surface area contributed by atoms with E-state index in [0.717, 1.165) is 11.1 Å². The van der Waals surface area contributed by atoms with Gasteiger partial charge in [-0.2, -0.15) is 0 Å². The lowest BCUT2D eigenvalue weighted by molar-refractivity contribution is -0.132. The maximum absolute atomic E-state index is 10.9. The quantitative estimate of drug-likeness (QED) is 0.833. The molecule has 0 aliphatic carbocycles. The van der Waals surface area contributed by atoms with E-state index < -0.39 is 5.97 Å². The Bertz CT molecular complexity index is 479. The first-order valence-electron chi connectivity index (χ1n) is 5.86. The number of ether oxygens (including phenoxy) is 1. The first kappa shape index (κ1) is 14.3.